The van der Waals surface area contributed by atoms with Crippen LogP contribution >= 0.6 is 0 Å². The summed E-state index contributed by atoms with van der Waals surface area (Å²) >= 11 is 0. The maximum absolute atomic E-state index is 10.0. The molecule has 0 spiro atoms. The molecule has 6 heteroatoms. The van der Waals surface area contributed by atoms with Crippen LogP contribution in [-0.4, -0.2) is 33.6 Å². The van der Waals surface area contributed by atoms with Gasteiger partial charge in [0.2, 0.25) is 11.8 Å². The lowest BCUT2D eigenvalue weighted by atomic mass is 10.1. The highest BCUT2D eigenvalue weighted by Gasteiger charge is 2.14. The Labute approximate surface area is 144 Å². The largest absolute Gasteiger partial charge is 0.504 e. The van der Waals surface area contributed by atoms with Gasteiger partial charge in [-0.25, -0.2) is 0 Å². The van der Waals surface area contributed by atoms with Gasteiger partial charge in [0, 0.05) is 11.1 Å². The van der Waals surface area contributed by atoms with Crippen molar-refractivity contribution in [3.05, 3.63) is 53.6 Å². The second-order valence-corrected chi connectivity index (χ2v) is 5.69. The number of rotatable bonds is 5. The lowest BCUT2D eigenvalue weighted by molar-refractivity contribution is 0.197. The second kappa shape index (κ2) is 6.41. The van der Waals surface area contributed by atoms with E-state index in [4.69, 9.17) is 14.3 Å². The third kappa shape index (κ3) is 2.99. The smallest absolute Gasteiger partial charge is 0.248 e. The summed E-state index contributed by atoms with van der Waals surface area (Å²) in [6.07, 6.45) is 5.16. The van der Waals surface area contributed by atoms with Crippen LogP contribution < -0.4 is 4.74 Å². The Morgan fingerprint density at radius 2 is 1.80 bits per heavy atom. The summed E-state index contributed by atoms with van der Waals surface area (Å²) in [5.74, 6) is 0.990. The van der Waals surface area contributed by atoms with Gasteiger partial charge in [0.05, 0.1) is 6.61 Å². The third-order valence-corrected chi connectivity index (χ3v) is 4.01. The Hall–Kier alpha value is -3.12. The number of aromatic nitrogens is 2. The van der Waals surface area contributed by atoms with Crippen LogP contribution in [0.1, 0.15) is 11.1 Å². The van der Waals surface area contributed by atoms with Gasteiger partial charge in [-0.15, -0.1) is 10.2 Å². The van der Waals surface area contributed by atoms with E-state index in [-0.39, 0.29) is 19.0 Å². The SMILES string of the molecule is OCCOc1ccc(-c2nnc(-c3ccc4c(c3)C=CC4)o2)cc1O. The highest BCUT2D eigenvalue weighted by molar-refractivity contribution is 5.68. The van der Waals surface area contributed by atoms with Crippen molar-refractivity contribution in [2.75, 3.05) is 13.2 Å². The molecule has 1 aliphatic rings. The number of phenols is 1. The van der Waals surface area contributed by atoms with Crippen molar-refractivity contribution < 1.29 is 19.4 Å². The molecule has 0 saturated carbocycles. The van der Waals surface area contributed by atoms with E-state index in [1.807, 2.05) is 12.1 Å². The Kier molecular flexibility index (Phi) is 3.95. The zero-order valence-corrected chi connectivity index (χ0v) is 13.3. The first kappa shape index (κ1) is 15.4. The van der Waals surface area contributed by atoms with E-state index < -0.39 is 0 Å². The van der Waals surface area contributed by atoms with Gasteiger partial charge in [-0.1, -0.05) is 18.2 Å². The van der Waals surface area contributed by atoms with Crippen LogP contribution in [0, 0.1) is 0 Å². The topological polar surface area (TPSA) is 88.6 Å². The number of aliphatic hydroxyl groups is 1. The summed E-state index contributed by atoms with van der Waals surface area (Å²) in [7, 11) is 0. The average Bonchev–Trinajstić information content (AvgIpc) is 3.29. The minimum atomic E-state index is -0.121. The van der Waals surface area contributed by atoms with E-state index in [1.54, 1.807) is 12.1 Å². The highest BCUT2D eigenvalue weighted by atomic mass is 16.5. The Bertz CT molecular complexity index is 946. The Morgan fingerprint density at radius 1 is 1.04 bits per heavy atom. The molecule has 0 saturated heterocycles. The summed E-state index contributed by atoms with van der Waals surface area (Å²) in [4.78, 5) is 0. The van der Waals surface area contributed by atoms with Gasteiger partial charge in [-0.05, 0) is 47.9 Å². The molecule has 6 nitrogen and oxygen atoms in total. The van der Waals surface area contributed by atoms with Gasteiger partial charge >= 0.3 is 0 Å². The van der Waals surface area contributed by atoms with E-state index in [2.05, 4.69) is 28.4 Å². The zero-order valence-electron chi connectivity index (χ0n) is 13.3. The summed E-state index contributed by atoms with van der Waals surface area (Å²) in [6.45, 7) is -0.00539. The first-order chi connectivity index (χ1) is 12.2. The number of aromatic hydroxyl groups is 1. The van der Waals surface area contributed by atoms with Crippen molar-refractivity contribution in [2.24, 2.45) is 0 Å². The van der Waals surface area contributed by atoms with Crippen molar-refractivity contribution in [1.82, 2.24) is 10.2 Å². The molecule has 0 radical (unpaired) electrons. The van der Waals surface area contributed by atoms with Crippen molar-refractivity contribution in [2.45, 2.75) is 6.42 Å². The van der Waals surface area contributed by atoms with Gasteiger partial charge in [-0.2, -0.15) is 0 Å². The first-order valence-electron chi connectivity index (χ1n) is 7.95. The van der Waals surface area contributed by atoms with Crippen LogP contribution in [0.25, 0.3) is 29.0 Å². The van der Waals surface area contributed by atoms with Crippen molar-refractivity contribution in [3.8, 4) is 34.4 Å². The number of hydrogen-bond acceptors (Lipinski definition) is 6. The number of ether oxygens (including phenoxy) is 1. The molecular formula is C19H16N2O4. The standard InChI is InChI=1S/C19H16N2O4/c22-8-9-24-17-7-6-15(11-16(17)23)19-21-20-18(25-19)14-5-4-12-2-1-3-13(12)10-14/h1,3-7,10-11,22-23H,2,8-9H2. The Balaban J connectivity index is 1.61. The van der Waals surface area contributed by atoms with Crippen molar-refractivity contribution in [1.29, 1.82) is 0 Å². The number of aliphatic hydroxyl groups excluding tert-OH is 1. The number of nitrogens with zero attached hydrogens (tertiary/aromatic N) is 2. The molecule has 0 fully saturated rings. The molecule has 1 heterocycles. The minimum Gasteiger partial charge on any atom is -0.504 e. The van der Waals surface area contributed by atoms with Crippen molar-refractivity contribution in [3.63, 3.8) is 0 Å². The zero-order chi connectivity index (χ0) is 17.2. The third-order valence-electron chi connectivity index (χ3n) is 4.01. The molecule has 1 aliphatic carbocycles. The van der Waals surface area contributed by atoms with E-state index in [1.165, 1.54) is 17.2 Å². The molecule has 3 aromatic rings. The number of hydrogen-bond donors (Lipinski definition) is 2. The predicted molar refractivity (Wildman–Crippen MR) is 92.2 cm³/mol. The summed E-state index contributed by atoms with van der Waals surface area (Å²) < 4.78 is 11.0. The van der Waals surface area contributed by atoms with Gasteiger partial charge in [-0.3, -0.25) is 0 Å². The van der Waals surface area contributed by atoms with Gasteiger partial charge in [0.15, 0.2) is 11.5 Å². The van der Waals surface area contributed by atoms with Gasteiger partial charge in [0.25, 0.3) is 0 Å². The number of benzene rings is 2. The quantitative estimate of drug-likeness (QED) is 0.744. The molecule has 2 N–H and O–H groups in total. The number of fused-ring (bicyclic) bond motifs is 1. The molecule has 126 valence electrons. The summed E-state index contributed by atoms with van der Waals surface area (Å²) in [5, 5.41) is 26.9. The van der Waals surface area contributed by atoms with E-state index in [0.717, 1.165) is 12.0 Å². The molecule has 0 unspecified atom stereocenters. The van der Waals surface area contributed by atoms with Gasteiger partial charge in [0.1, 0.15) is 6.61 Å². The minimum absolute atomic E-state index is 0.0478. The monoisotopic (exact) mass is 336 g/mol. The molecule has 4 rings (SSSR count). The lowest BCUT2D eigenvalue weighted by Crippen LogP contribution is -2.01. The lowest BCUT2D eigenvalue weighted by Gasteiger charge is -2.06. The molecule has 0 atom stereocenters. The number of phenolic OH excluding ortho intramolecular Hbond substituents is 1. The summed E-state index contributed by atoms with van der Waals surface area (Å²) in [6, 6.07) is 10.9. The van der Waals surface area contributed by atoms with E-state index in [9.17, 15) is 5.11 Å². The van der Waals surface area contributed by atoms with Crippen LogP contribution in [0.15, 0.2) is 46.9 Å². The van der Waals surface area contributed by atoms with Crippen LogP contribution in [0.2, 0.25) is 0 Å². The molecule has 0 aliphatic heterocycles. The van der Waals surface area contributed by atoms with Crippen molar-refractivity contribution >= 4 is 6.08 Å². The highest BCUT2D eigenvalue weighted by Crippen LogP contribution is 2.33. The van der Waals surface area contributed by atoms with Crippen LogP contribution in [0.3, 0.4) is 0 Å². The average molecular weight is 336 g/mol. The first-order valence-corrected chi connectivity index (χ1v) is 7.95. The van der Waals surface area contributed by atoms with Gasteiger partial charge < -0.3 is 19.4 Å². The fourth-order valence-electron chi connectivity index (χ4n) is 2.77. The van der Waals surface area contributed by atoms with E-state index >= 15 is 0 Å². The molecule has 25 heavy (non-hydrogen) atoms. The maximum Gasteiger partial charge on any atom is 0.248 e. The van der Waals surface area contributed by atoms with Crippen LogP contribution in [-0.2, 0) is 6.42 Å². The molecule has 0 bridgehead atoms. The van der Waals surface area contributed by atoms with Crippen LogP contribution in [0.5, 0.6) is 11.5 Å². The molecular weight excluding hydrogens is 320 g/mol. The fraction of sp³-hybridized carbons (Fsp3) is 0.158. The van der Waals surface area contributed by atoms with Crippen LogP contribution in [0.4, 0.5) is 0 Å². The van der Waals surface area contributed by atoms with E-state index in [0.29, 0.717) is 23.1 Å². The maximum atomic E-state index is 10.0. The predicted octanol–water partition coefficient (Wildman–Crippen LogP) is 3.05. The molecule has 1 aromatic heterocycles. The molecule has 0 amide bonds. The molecule has 2 aromatic carbocycles. The Morgan fingerprint density at radius 3 is 2.56 bits per heavy atom. The second-order valence-electron chi connectivity index (χ2n) is 5.69. The summed E-state index contributed by atoms with van der Waals surface area (Å²) in [5.41, 5.74) is 3.90. The normalized spacial score (nSPS) is 12.4. The fourth-order valence-corrected chi connectivity index (χ4v) is 2.77. The number of allylic oxidation sites excluding steroid dienone is 1.